The average Bonchev–Trinajstić information content (AvgIpc) is 2.50. The third kappa shape index (κ3) is 6.99. The van der Waals surface area contributed by atoms with Gasteiger partial charge >= 0.3 is 6.18 Å². The molecule has 1 rings (SSSR count). The molecule has 0 saturated heterocycles. The monoisotopic (exact) mass is 345 g/mol. The molecule has 0 bridgehead atoms. The molecule has 5 nitrogen and oxygen atoms in total. The lowest BCUT2D eigenvalue weighted by molar-refractivity contribution is -0.143. The van der Waals surface area contributed by atoms with E-state index in [0.29, 0.717) is 5.56 Å². The summed E-state index contributed by atoms with van der Waals surface area (Å²) in [6.07, 6.45) is -5.63. The van der Waals surface area contributed by atoms with Crippen molar-refractivity contribution in [3.05, 3.63) is 35.9 Å². The lowest BCUT2D eigenvalue weighted by Crippen LogP contribution is -2.47. The maximum absolute atomic E-state index is 12.7. The fourth-order valence-electron chi connectivity index (χ4n) is 2.00. The molecule has 0 aromatic heterocycles. The van der Waals surface area contributed by atoms with Gasteiger partial charge in [-0.2, -0.15) is 13.2 Å². The first-order valence-corrected chi connectivity index (χ1v) is 7.54. The van der Waals surface area contributed by atoms with Crippen LogP contribution in [0.3, 0.4) is 0 Å². The first-order chi connectivity index (χ1) is 11.1. The second-order valence-electron chi connectivity index (χ2n) is 5.84. The molecule has 0 fully saturated rings. The van der Waals surface area contributed by atoms with E-state index >= 15 is 0 Å². The van der Waals surface area contributed by atoms with Gasteiger partial charge in [0.2, 0.25) is 11.8 Å². The largest absolute Gasteiger partial charge is 0.391 e. The SMILES string of the molecule is CC(C)[C@H](N)C(=O)NCC(=O)NC(CC(F)(F)F)c1ccccc1. The standard InChI is InChI=1S/C16H22F3N3O2/c1-10(2)14(20)15(24)21-9-13(23)22-12(8-16(17,18)19)11-6-4-3-5-7-11/h3-7,10,12,14H,8-9,20H2,1-2H3,(H,21,24)(H,22,23)/t12?,14-/m0/s1. The van der Waals surface area contributed by atoms with Crippen molar-refractivity contribution in [1.82, 2.24) is 10.6 Å². The molecular weight excluding hydrogens is 323 g/mol. The van der Waals surface area contributed by atoms with E-state index in [9.17, 15) is 22.8 Å². The van der Waals surface area contributed by atoms with Crippen LogP contribution in [0.15, 0.2) is 30.3 Å². The number of alkyl halides is 3. The third-order valence-corrected chi connectivity index (χ3v) is 3.42. The number of carbonyl (C=O) groups excluding carboxylic acids is 2. The number of halogens is 3. The summed E-state index contributed by atoms with van der Waals surface area (Å²) >= 11 is 0. The Morgan fingerprint density at radius 3 is 2.25 bits per heavy atom. The highest BCUT2D eigenvalue weighted by Crippen LogP contribution is 2.29. The second kappa shape index (κ2) is 8.68. The number of amides is 2. The van der Waals surface area contributed by atoms with E-state index in [2.05, 4.69) is 10.6 Å². The summed E-state index contributed by atoms with van der Waals surface area (Å²) in [5.41, 5.74) is 5.97. The Morgan fingerprint density at radius 2 is 1.75 bits per heavy atom. The highest BCUT2D eigenvalue weighted by atomic mass is 19.4. The number of nitrogens with two attached hydrogens (primary N) is 1. The summed E-state index contributed by atoms with van der Waals surface area (Å²) in [6, 6.07) is 5.87. The van der Waals surface area contributed by atoms with Gasteiger partial charge < -0.3 is 16.4 Å². The fraction of sp³-hybridized carbons (Fsp3) is 0.500. The Morgan fingerprint density at radius 1 is 1.17 bits per heavy atom. The molecule has 1 aromatic rings. The van der Waals surface area contributed by atoms with E-state index in [0.717, 1.165) is 0 Å². The minimum Gasteiger partial charge on any atom is -0.347 e. The molecule has 4 N–H and O–H groups in total. The van der Waals surface area contributed by atoms with Gasteiger partial charge in [0.15, 0.2) is 0 Å². The summed E-state index contributed by atoms with van der Waals surface area (Å²) in [7, 11) is 0. The van der Waals surface area contributed by atoms with Gasteiger partial charge in [-0.15, -0.1) is 0 Å². The predicted molar refractivity (Wildman–Crippen MR) is 83.8 cm³/mol. The molecule has 134 valence electrons. The molecule has 2 atom stereocenters. The lowest BCUT2D eigenvalue weighted by atomic mass is 10.0. The van der Waals surface area contributed by atoms with Crippen LogP contribution in [0.5, 0.6) is 0 Å². The Balaban J connectivity index is 2.66. The van der Waals surface area contributed by atoms with Gasteiger partial charge in [0.25, 0.3) is 0 Å². The van der Waals surface area contributed by atoms with Crippen LogP contribution in [0.4, 0.5) is 13.2 Å². The zero-order valence-corrected chi connectivity index (χ0v) is 13.6. The smallest absolute Gasteiger partial charge is 0.347 e. The van der Waals surface area contributed by atoms with Crippen molar-refractivity contribution in [2.75, 3.05) is 6.54 Å². The highest BCUT2D eigenvalue weighted by molar-refractivity contribution is 5.87. The molecule has 0 heterocycles. The molecule has 1 unspecified atom stereocenters. The normalized spacial score (nSPS) is 14.1. The van der Waals surface area contributed by atoms with E-state index in [4.69, 9.17) is 5.73 Å². The van der Waals surface area contributed by atoms with Crippen molar-refractivity contribution in [3.8, 4) is 0 Å². The average molecular weight is 345 g/mol. The molecule has 1 aromatic carbocycles. The van der Waals surface area contributed by atoms with Crippen LogP contribution >= 0.6 is 0 Å². The summed E-state index contributed by atoms with van der Waals surface area (Å²) < 4.78 is 38.1. The summed E-state index contributed by atoms with van der Waals surface area (Å²) in [5, 5.41) is 4.62. The van der Waals surface area contributed by atoms with Crippen LogP contribution in [0, 0.1) is 5.92 Å². The van der Waals surface area contributed by atoms with Gasteiger partial charge in [-0.3, -0.25) is 9.59 Å². The minimum atomic E-state index is -4.43. The molecule has 8 heteroatoms. The third-order valence-electron chi connectivity index (χ3n) is 3.42. The van der Waals surface area contributed by atoms with Crippen molar-refractivity contribution < 1.29 is 22.8 Å². The first-order valence-electron chi connectivity index (χ1n) is 7.54. The first kappa shape index (κ1) is 20.0. The van der Waals surface area contributed by atoms with Crippen molar-refractivity contribution >= 4 is 11.8 Å². The summed E-state index contributed by atoms with van der Waals surface area (Å²) in [4.78, 5) is 23.6. The molecule has 0 aliphatic rings. The van der Waals surface area contributed by atoms with E-state index in [1.807, 2.05) is 0 Å². The van der Waals surface area contributed by atoms with Gasteiger partial charge in [0.05, 0.1) is 25.0 Å². The number of nitrogens with one attached hydrogen (secondary N) is 2. The molecule has 0 saturated carbocycles. The fourth-order valence-corrected chi connectivity index (χ4v) is 2.00. The number of benzene rings is 1. The number of carbonyl (C=O) groups is 2. The van der Waals surface area contributed by atoms with Crippen LogP contribution in [0.25, 0.3) is 0 Å². The zero-order valence-electron chi connectivity index (χ0n) is 13.6. The van der Waals surface area contributed by atoms with Crippen molar-refractivity contribution in [2.24, 2.45) is 11.7 Å². The summed E-state index contributed by atoms with van der Waals surface area (Å²) in [6.45, 7) is 3.07. The zero-order chi connectivity index (χ0) is 18.3. The van der Waals surface area contributed by atoms with E-state index in [1.165, 1.54) is 12.1 Å². The number of hydrogen-bond donors (Lipinski definition) is 3. The van der Waals surface area contributed by atoms with E-state index < -0.39 is 43.0 Å². The molecule has 0 spiro atoms. The van der Waals surface area contributed by atoms with Gasteiger partial charge in [-0.05, 0) is 11.5 Å². The van der Waals surface area contributed by atoms with Gasteiger partial charge in [-0.1, -0.05) is 44.2 Å². The topological polar surface area (TPSA) is 84.2 Å². The van der Waals surface area contributed by atoms with Crippen LogP contribution in [0.1, 0.15) is 31.9 Å². The Kier molecular flexibility index (Phi) is 7.21. The Labute approximate surface area is 138 Å². The molecule has 0 aliphatic carbocycles. The highest BCUT2D eigenvalue weighted by Gasteiger charge is 2.33. The Hall–Kier alpha value is -2.09. The maximum Gasteiger partial charge on any atom is 0.391 e. The minimum absolute atomic E-state index is 0.115. The van der Waals surface area contributed by atoms with E-state index in [1.54, 1.807) is 32.0 Å². The summed E-state index contributed by atoms with van der Waals surface area (Å²) in [5.74, 6) is -1.35. The molecule has 0 radical (unpaired) electrons. The van der Waals surface area contributed by atoms with Crippen molar-refractivity contribution in [2.45, 2.75) is 38.5 Å². The quantitative estimate of drug-likeness (QED) is 0.706. The maximum atomic E-state index is 12.7. The van der Waals surface area contributed by atoms with Crippen molar-refractivity contribution in [3.63, 3.8) is 0 Å². The Bertz CT molecular complexity index is 547. The molecular formula is C16H22F3N3O2. The van der Waals surface area contributed by atoms with Crippen LogP contribution in [-0.4, -0.2) is 30.6 Å². The molecule has 0 aliphatic heterocycles. The number of rotatable bonds is 7. The van der Waals surface area contributed by atoms with E-state index in [-0.39, 0.29) is 5.92 Å². The number of hydrogen-bond acceptors (Lipinski definition) is 3. The van der Waals surface area contributed by atoms with Crippen LogP contribution < -0.4 is 16.4 Å². The lowest BCUT2D eigenvalue weighted by Gasteiger charge is -2.21. The van der Waals surface area contributed by atoms with Gasteiger partial charge in [-0.25, -0.2) is 0 Å². The molecule has 2 amide bonds. The second-order valence-corrected chi connectivity index (χ2v) is 5.84. The van der Waals surface area contributed by atoms with Crippen LogP contribution in [0.2, 0.25) is 0 Å². The predicted octanol–water partition coefficient (Wildman–Crippen LogP) is 1.90. The van der Waals surface area contributed by atoms with Crippen LogP contribution in [-0.2, 0) is 9.59 Å². The molecule has 24 heavy (non-hydrogen) atoms. The van der Waals surface area contributed by atoms with Gasteiger partial charge in [0, 0.05) is 0 Å². The van der Waals surface area contributed by atoms with Gasteiger partial charge in [0.1, 0.15) is 0 Å². The van der Waals surface area contributed by atoms with Crippen molar-refractivity contribution in [1.29, 1.82) is 0 Å².